The molecular weight excluding hydrogens is 522 g/mol. The lowest BCUT2D eigenvalue weighted by atomic mass is 9.97. The second-order valence-corrected chi connectivity index (χ2v) is 9.99. The minimum Gasteiger partial charge on any atom is -0.465 e. The Hall–Kier alpha value is -4.49. The molecule has 0 spiro atoms. The number of thioether (sulfide) groups is 2. The number of methoxy groups -OCH3 is 1. The second-order valence-electron chi connectivity index (χ2n) is 7.80. The maximum Gasteiger partial charge on any atom is 0.338 e. The number of benzene rings is 3. The quantitative estimate of drug-likeness (QED) is 0.160. The van der Waals surface area contributed by atoms with Crippen molar-refractivity contribution in [1.82, 2.24) is 0 Å². The molecule has 0 saturated heterocycles. The van der Waals surface area contributed by atoms with Crippen LogP contribution < -0.4 is 0 Å². The Balaban J connectivity index is 1.86. The smallest absolute Gasteiger partial charge is 0.338 e. The van der Waals surface area contributed by atoms with Crippen molar-refractivity contribution in [3.05, 3.63) is 117 Å². The van der Waals surface area contributed by atoms with Gasteiger partial charge in [-0.3, -0.25) is 30.3 Å². The number of nitro benzene ring substituents is 3. The highest BCUT2D eigenvalue weighted by atomic mass is 32.2. The Morgan fingerprint density at radius 2 is 1.46 bits per heavy atom. The maximum atomic E-state index is 12.7. The standard InChI is InChI=1S/C24H13N3O8S2/c1-35-23(28)17-9-13(25(29)30)7-15-20(17)22-16(8-14(26(31)32)10-18(22)27(33)34)21(15)24-36-11-19(37-24)12-5-3-2-4-6-12/h2-11H,1H3/b24-21-. The Morgan fingerprint density at radius 1 is 0.838 bits per heavy atom. The monoisotopic (exact) mass is 535 g/mol. The zero-order valence-corrected chi connectivity index (χ0v) is 20.3. The fourth-order valence-electron chi connectivity index (χ4n) is 4.25. The summed E-state index contributed by atoms with van der Waals surface area (Å²) in [6.07, 6.45) is 0. The third kappa shape index (κ3) is 4.03. The van der Waals surface area contributed by atoms with Crippen LogP contribution in [0.4, 0.5) is 17.1 Å². The third-order valence-electron chi connectivity index (χ3n) is 5.78. The van der Waals surface area contributed by atoms with Crippen molar-refractivity contribution in [3.63, 3.8) is 0 Å². The van der Waals surface area contributed by atoms with Crippen LogP contribution in [0.1, 0.15) is 27.0 Å². The van der Waals surface area contributed by atoms with Crippen LogP contribution in [-0.2, 0) is 4.74 Å². The van der Waals surface area contributed by atoms with Gasteiger partial charge in [-0.05, 0) is 16.5 Å². The molecular formula is C24H13N3O8S2. The summed E-state index contributed by atoms with van der Waals surface area (Å²) < 4.78 is 5.43. The molecule has 1 aliphatic heterocycles. The summed E-state index contributed by atoms with van der Waals surface area (Å²) >= 11 is 2.62. The number of nitro groups is 3. The fraction of sp³-hybridized carbons (Fsp3) is 0.0417. The minimum atomic E-state index is -0.931. The molecule has 0 radical (unpaired) electrons. The summed E-state index contributed by atoms with van der Waals surface area (Å²) in [6.45, 7) is 0. The molecule has 5 rings (SSSR count). The number of carbonyl (C=O) groups excluding carboxylic acids is 1. The van der Waals surface area contributed by atoms with Gasteiger partial charge in [0.15, 0.2) is 0 Å². The van der Waals surface area contributed by atoms with E-state index in [4.69, 9.17) is 4.74 Å². The summed E-state index contributed by atoms with van der Waals surface area (Å²) in [5, 5.41) is 37.3. The van der Waals surface area contributed by atoms with E-state index < -0.39 is 37.8 Å². The number of rotatable bonds is 5. The van der Waals surface area contributed by atoms with E-state index in [0.717, 1.165) is 29.7 Å². The van der Waals surface area contributed by atoms with E-state index in [1.165, 1.54) is 35.7 Å². The van der Waals surface area contributed by atoms with Crippen molar-refractivity contribution in [2.75, 3.05) is 7.11 Å². The Morgan fingerprint density at radius 3 is 2.05 bits per heavy atom. The van der Waals surface area contributed by atoms with E-state index in [1.54, 1.807) is 0 Å². The summed E-state index contributed by atoms with van der Waals surface area (Å²) in [6, 6.07) is 13.6. The molecule has 184 valence electrons. The van der Waals surface area contributed by atoms with Crippen molar-refractivity contribution >= 4 is 57.0 Å². The van der Waals surface area contributed by atoms with E-state index in [1.807, 2.05) is 35.7 Å². The van der Waals surface area contributed by atoms with Gasteiger partial charge >= 0.3 is 5.97 Å². The summed E-state index contributed by atoms with van der Waals surface area (Å²) in [4.78, 5) is 46.8. The van der Waals surface area contributed by atoms with Crippen LogP contribution in [0.15, 0.2) is 64.2 Å². The first kappa shape index (κ1) is 24.2. The number of hydrogen-bond acceptors (Lipinski definition) is 10. The maximum absolute atomic E-state index is 12.7. The molecule has 1 heterocycles. The minimum absolute atomic E-state index is 0.0299. The van der Waals surface area contributed by atoms with Crippen molar-refractivity contribution in [2.24, 2.45) is 0 Å². The van der Waals surface area contributed by atoms with Crippen molar-refractivity contribution in [3.8, 4) is 11.1 Å². The van der Waals surface area contributed by atoms with Crippen LogP contribution in [0.25, 0.3) is 21.6 Å². The van der Waals surface area contributed by atoms with Gasteiger partial charge in [0, 0.05) is 39.8 Å². The molecule has 0 saturated carbocycles. The summed E-state index contributed by atoms with van der Waals surface area (Å²) in [5.41, 5.74) is -0.180. The molecule has 3 aromatic rings. The second kappa shape index (κ2) is 9.19. The molecule has 37 heavy (non-hydrogen) atoms. The van der Waals surface area contributed by atoms with Crippen LogP contribution >= 0.6 is 23.5 Å². The molecule has 3 aromatic carbocycles. The lowest BCUT2D eigenvalue weighted by Gasteiger charge is -2.09. The number of non-ortho nitro benzene ring substituents is 2. The highest BCUT2D eigenvalue weighted by Gasteiger charge is 2.40. The van der Waals surface area contributed by atoms with Gasteiger partial charge in [0.25, 0.3) is 17.1 Å². The number of hydrogen-bond donors (Lipinski definition) is 0. The molecule has 2 aliphatic rings. The van der Waals surface area contributed by atoms with Gasteiger partial charge in [-0.1, -0.05) is 53.9 Å². The third-order valence-corrected chi connectivity index (χ3v) is 8.20. The van der Waals surface area contributed by atoms with Gasteiger partial charge in [0.1, 0.15) is 0 Å². The van der Waals surface area contributed by atoms with E-state index >= 15 is 0 Å². The van der Waals surface area contributed by atoms with Gasteiger partial charge in [-0.2, -0.15) is 0 Å². The number of fused-ring (bicyclic) bond motifs is 3. The highest BCUT2D eigenvalue weighted by molar-refractivity contribution is 8.31. The van der Waals surface area contributed by atoms with Crippen molar-refractivity contribution in [2.45, 2.75) is 0 Å². The topological polar surface area (TPSA) is 156 Å². The van der Waals surface area contributed by atoms with Gasteiger partial charge in [-0.15, -0.1) is 0 Å². The SMILES string of the molecule is COC(=O)c1cc([N+](=O)[O-])cc2c1-c1c(cc([N+](=O)[O-])cc1[N+](=O)[O-])/C2=C1/SC=C(c2ccccc2)S1. The molecule has 0 fully saturated rings. The molecule has 0 atom stereocenters. The molecule has 0 amide bonds. The number of nitrogens with zero attached hydrogens (tertiary/aromatic N) is 3. The van der Waals surface area contributed by atoms with Gasteiger partial charge in [0.05, 0.1) is 43.3 Å². The normalized spacial score (nSPS) is 15.5. The predicted octanol–water partition coefficient (Wildman–Crippen LogP) is 6.37. The lowest BCUT2D eigenvalue weighted by molar-refractivity contribution is -0.393. The fourth-order valence-corrected chi connectivity index (χ4v) is 6.66. The molecule has 0 N–H and O–H groups in total. The molecule has 0 unspecified atom stereocenters. The average Bonchev–Trinajstić information content (AvgIpc) is 3.50. The molecule has 13 heteroatoms. The van der Waals surface area contributed by atoms with Gasteiger partial charge in [-0.25, -0.2) is 4.79 Å². The van der Waals surface area contributed by atoms with E-state index in [-0.39, 0.29) is 27.8 Å². The average molecular weight is 536 g/mol. The first-order valence-corrected chi connectivity index (χ1v) is 12.1. The van der Waals surface area contributed by atoms with Crippen molar-refractivity contribution in [1.29, 1.82) is 0 Å². The van der Waals surface area contributed by atoms with Gasteiger partial charge in [0.2, 0.25) is 0 Å². The Kier molecular flexibility index (Phi) is 6.01. The van der Waals surface area contributed by atoms with Crippen LogP contribution in [0, 0.1) is 30.3 Å². The predicted molar refractivity (Wildman–Crippen MR) is 139 cm³/mol. The first-order chi connectivity index (χ1) is 17.7. The zero-order chi connectivity index (χ0) is 26.4. The van der Waals surface area contributed by atoms with Gasteiger partial charge < -0.3 is 4.74 Å². The Bertz CT molecular complexity index is 1620. The molecule has 0 bridgehead atoms. The molecule has 11 nitrogen and oxygen atoms in total. The first-order valence-electron chi connectivity index (χ1n) is 10.4. The molecule has 0 aromatic heterocycles. The zero-order valence-electron chi connectivity index (χ0n) is 18.7. The number of esters is 1. The van der Waals surface area contributed by atoms with Crippen LogP contribution in [0.3, 0.4) is 0 Å². The molecule has 1 aliphatic carbocycles. The largest absolute Gasteiger partial charge is 0.465 e. The van der Waals surface area contributed by atoms with Crippen LogP contribution in [-0.4, -0.2) is 27.8 Å². The number of carbonyl (C=O) groups is 1. The van der Waals surface area contributed by atoms with E-state index in [9.17, 15) is 35.1 Å². The van der Waals surface area contributed by atoms with Crippen LogP contribution in [0.5, 0.6) is 0 Å². The Labute approximate surface area is 216 Å². The summed E-state index contributed by atoms with van der Waals surface area (Å²) in [5.74, 6) is -0.931. The van der Waals surface area contributed by atoms with E-state index in [2.05, 4.69) is 0 Å². The van der Waals surface area contributed by atoms with E-state index in [0.29, 0.717) is 9.81 Å². The summed E-state index contributed by atoms with van der Waals surface area (Å²) in [7, 11) is 1.09. The lowest BCUT2D eigenvalue weighted by Crippen LogP contribution is -2.06. The van der Waals surface area contributed by atoms with Crippen molar-refractivity contribution < 1.29 is 24.3 Å². The van der Waals surface area contributed by atoms with Crippen LogP contribution in [0.2, 0.25) is 0 Å². The highest BCUT2D eigenvalue weighted by Crippen LogP contribution is 2.59. The number of ether oxygens (including phenoxy) is 1.